The van der Waals surface area contributed by atoms with Crippen molar-refractivity contribution in [3.05, 3.63) is 47.5 Å². The lowest BCUT2D eigenvalue weighted by Gasteiger charge is -2.37. The molecule has 26 heavy (non-hydrogen) atoms. The van der Waals surface area contributed by atoms with E-state index in [4.69, 9.17) is 0 Å². The van der Waals surface area contributed by atoms with Crippen LogP contribution in [0.1, 0.15) is 88.2 Å². The molecule has 0 N–H and O–H groups in total. The van der Waals surface area contributed by atoms with Crippen molar-refractivity contribution in [2.75, 3.05) is 0 Å². The zero-order valence-electron chi connectivity index (χ0n) is 16.2. The summed E-state index contributed by atoms with van der Waals surface area (Å²) in [6, 6.07) is 9.38. The Balaban J connectivity index is 1.45. The van der Waals surface area contributed by atoms with Crippen LogP contribution in [0.3, 0.4) is 0 Å². The summed E-state index contributed by atoms with van der Waals surface area (Å²) < 4.78 is 24.8. The first-order chi connectivity index (χ1) is 12.7. The lowest BCUT2D eigenvalue weighted by atomic mass is 9.68. The number of hydrogen-bond donors (Lipinski definition) is 0. The van der Waals surface area contributed by atoms with Gasteiger partial charge in [-0.25, -0.2) is 0 Å². The van der Waals surface area contributed by atoms with Gasteiger partial charge in [0.15, 0.2) is 0 Å². The molecule has 1 aromatic rings. The Morgan fingerprint density at radius 3 is 2.00 bits per heavy atom. The predicted molar refractivity (Wildman–Crippen MR) is 106 cm³/mol. The van der Waals surface area contributed by atoms with E-state index in [0.717, 1.165) is 43.4 Å². The highest BCUT2D eigenvalue weighted by molar-refractivity contribution is 5.26. The van der Waals surface area contributed by atoms with Gasteiger partial charge in [0.1, 0.15) is 0 Å². The van der Waals surface area contributed by atoms with Crippen molar-refractivity contribution >= 4 is 0 Å². The number of unbranched alkanes of at least 4 members (excludes halogenated alkanes) is 1. The van der Waals surface area contributed by atoms with Crippen molar-refractivity contribution in [1.82, 2.24) is 0 Å². The third-order valence-electron chi connectivity index (χ3n) is 6.89. The first kappa shape index (κ1) is 19.6. The first-order valence-corrected chi connectivity index (χ1v) is 10.8. The zero-order valence-corrected chi connectivity index (χ0v) is 16.2. The fourth-order valence-corrected chi connectivity index (χ4v) is 5.22. The summed E-state index contributed by atoms with van der Waals surface area (Å²) in [7, 11) is 0. The maximum absolute atomic E-state index is 12.4. The molecule has 0 atom stereocenters. The van der Waals surface area contributed by atoms with E-state index in [2.05, 4.69) is 31.2 Å². The van der Waals surface area contributed by atoms with Crippen LogP contribution in [0.4, 0.5) is 8.78 Å². The van der Waals surface area contributed by atoms with Gasteiger partial charge in [0.2, 0.25) is 0 Å². The summed E-state index contributed by atoms with van der Waals surface area (Å²) in [6.07, 6.45) is 12.9. The quantitative estimate of drug-likeness (QED) is 0.484. The molecule has 2 heteroatoms. The second kappa shape index (κ2) is 9.67. The van der Waals surface area contributed by atoms with E-state index in [1.165, 1.54) is 62.1 Å². The monoisotopic (exact) mass is 360 g/mol. The van der Waals surface area contributed by atoms with Crippen molar-refractivity contribution in [3.8, 4) is 0 Å². The van der Waals surface area contributed by atoms with E-state index in [0.29, 0.717) is 0 Å². The van der Waals surface area contributed by atoms with Gasteiger partial charge in [0, 0.05) is 0 Å². The average Bonchev–Trinajstić information content (AvgIpc) is 2.67. The molecule has 0 aliphatic heterocycles. The van der Waals surface area contributed by atoms with Crippen LogP contribution < -0.4 is 0 Å². The van der Waals surface area contributed by atoms with Crippen LogP contribution in [0.15, 0.2) is 36.4 Å². The summed E-state index contributed by atoms with van der Waals surface area (Å²) in [5.74, 6) is 2.46. The Morgan fingerprint density at radius 1 is 0.885 bits per heavy atom. The Bertz CT molecular complexity index is 554. The van der Waals surface area contributed by atoms with Crippen LogP contribution >= 0.6 is 0 Å². The van der Waals surface area contributed by atoms with Gasteiger partial charge in [-0.05, 0) is 105 Å². The molecule has 0 aromatic heterocycles. The fraction of sp³-hybridized carbons (Fsp3) is 0.667. The summed E-state index contributed by atoms with van der Waals surface area (Å²) >= 11 is 0. The molecule has 0 heterocycles. The molecule has 0 amide bonds. The predicted octanol–water partition coefficient (Wildman–Crippen LogP) is 7.89. The molecule has 0 unspecified atom stereocenters. The number of hydrogen-bond acceptors (Lipinski definition) is 0. The van der Waals surface area contributed by atoms with Crippen LogP contribution in [0, 0.1) is 17.8 Å². The third-order valence-corrected chi connectivity index (χ3v) is 6.89. The van der Waals surface area contributed by atoms with Crippen LogP contribution in [-0.2, 0) is 6.42 Å². The van der Waals surface area contributed by atoms with E-state index in [-0.39, 0.29) is 5.92 Å². The highest BCUT2D eigenvalue weighted by Gasteiger charge is 2.31. The SMILES string of the molecule is CCCCc1ccc([C@H]2CC[C@H]([C@H]3CC[C@H](C=C(F)F)CC3)CC2)cc1. The van der Waals surface area contributed by atoms with Gasteiger partial charge in [-0.1, -0.05) is 37.6 Å². The molecular weight excluding hydrogens is 326 g/mol. The summed E-state index contributed by atoms with van der Waals surface area (Å²) in [4.78, 5) is 0. The van der Waals surface area contributed by atoms with Gasteiger partial charge in [0.25, 0.3) is 6.08 Å². The normalized spacial score (nSPS) is 29.3. The minimum atomic E-state index is -1.49. The van der Waals surface area contributed by atoms with E-state index in [9.17, 15) is 8.78 Å². The molecule has 2 aliphatic carbocycles. The molecule has 2 saturated carbocycles. The van der Waals surface area contributed by atoms with Crippen LogP contribution in [-0.4, -0.2) is 0 Å². The van der Waals surface area contributed by atoms with Crippen molar-refractivity contribution in [2.45, 2.75) is 83.5 Å². The molecule has 0 nitrogen and oxygen atoms in total. The second-order valence-corrected chi connectivity index (χ2v) is 8.59. The number of allylic oxidation sites excluding steroid dienone is 1. The molecule has 0 saturated heterocycles. The largest absolute Gasteiger partial charge is 0.266 e. The maximum Gasteiger partial charge on any atom is 0.266 e. The minimum Gasteiger partial charge on any atom is -0.174 e. The highest BCUT2D eigenvalue weighted by Crippen LogP contribution is 2.44. The molecule has 0 spiro atoms. The van der Waals surface area contributed by atoms with Gasteiger partial charge in [-0.3, -0.25) is 0 Å². The topological polar surface area (TPSA) is 0 Å². The lowest BCUT2D eigenvalue weighted by Crippen LogP contribution is -2.25. The van der Waals surface area contributed by atoms with Crippen molar-refractivity contribution in [2.24, 2.45) is 17.8 Å². The van der Waals surface area contributed by atoms with Gasteiger partial charge in [-0.15, -0.1) is 0 Å². The van der Waals surface area contributed by atoms with Crippen LogP contribution in [0.5, 0.6) is 0 Å². The molecule has 2 fully saturated rings. The minimum absolute atomic E-state index is 0.124. The van der Waals surface area contributed by atoms with Crippen LogP contribution in [0.25, 0.3) is 0 Å². The molecule has 2 aliphatic rings. The summed E-state index contributed by atoms with van der Waals surface area (Å²) in [5.41, 5.74) is 3.00. The van der Waals surface area contributed by atoms with Crippen molar-refractivity contribution in [3.63, 3.8) is 0 Å². The average molecular weight is 361 g/mol. The number of benzene rings is 1. The van der Waals surface area contributed by atoms with Crippen molar-refractivity contribution < 1.29 is 8.78 Å². The van der Waals surface area contributed by atoms with Gasteiger partial charge < -0.3 is 0 Å². The first-order valence-electron chi connectivity index (χ1n) is 10.8. The van der Waals surface area contributed by atoms with E-state index in [1.54, 1.807) is 0 Å². The van der Waals surface area contributed by atoms with Crippen molar-refractivity contribution in [1.29, 1.82) is 0 Å². The fourth-order valence-electron chi connectivity index (χ4n) is 5.22. The number of halogens is 2. The molecule has 1 aromatic carbocycles. The molecular formula is C24H34F2. The van der Waals surface area contributed by atoms with Gasteiger partial charge >= 0.3 is 0 Å². The maximum atomic E-state index is 12.4. The number of rotatable bonds is 6. The Kier molecular flexibility index (Phi) is 7.28. The van der Waals surface area contributed by atoms with Gasteiger partial charge in [0.05, 0.1) is 0 Å². The standard InChI is InChI=1S/C24H34F2/c1-2-3-4-18-5-9-20(10-6-18)22-13-15-23(16-14-22)21-11-7-19(8-12-21)17-24(25)26/h5-6,9-10,17,19,21-23H,2-4,7-8,11-16H2,1H3/t19-,21-,22-,23-. The lowest BCUT2D eigenvalue weighted by molar-refractivity contribution is 0.170. The van der Waals surface area contributed by atoms with Gasteiger partial charge in [-0.2, -0.15) is 8.78 Å². The smallest absolute Gasteiger partial charge is 0.174 e. The Hall–Kier alpha value is -1.18. The summed E-state index contributed by atoms with van der Waals surface area (Å²) in [6.45, 7) is 2.25. The Morgan fingerprint density at radius 2 is 1.46 bits per heavy atom. The van der Waals surface area contributed by atoms with E-state index in [1.807, 2.05) is 0 Å². The molecule has 0 radical (unpaired) electrons. The number of aryl methyl sites for hydroxylation is 1. The second-order valence-electron chi connectivity index (χ2n) is 8.59. The van der Waals surface area contributed by atoms with Crippen LogP contribution in [0.2, 0.25) is 0 Å². The molecule has 3 rings (SSSR count). The third kappa shape index (κ3) is 5.41. The summed E-state index contributed by atoms with van der Waals surface area (Å²) in [5, 5.41) is 0. The molecule has 0 bridgehead atoms. The molecule has 144 valence electrons. The Labute approximate surface area is 158 Å². The highest BCUT2D eigenvalue weighted by atomic mass is 19.3. The van der Waals surface area contributed by atoms with E-state index >= 15 is 0 Å². The zero-order chi connectivity index (χ0) is 18.4. The van der Waals surface area contributed by atoms with E-state index < -0.39 is 6.08 Å².